The molecule has 0 bridgehead atoms. The number of ether oxygens (including phenoxy) is 1. The van der Waals surface area contributed by atoms with Crippen molar-refractivity contribution in [3.8, 4) is 0 Å². The zero-order chi connectivity index (χ0) is 9.40. The zero-order valence-corrected chi connectivity index (χ0v) is 8.43. The van der Waals surface area contributed by atoms with E-state index in [4.69, 9.17) is 4.74 Å². The number of rotatable bonds is 6. The van der Waals surface area contributed by atoms with Crippen LogP contribution in [0.15, 0.2) is 0 Å². The lowest BCUT2D eigenvalue weighted by atomic mass is 10.0. The average Bonchev–Trinajstić information content (AvgIpc) is 2.04. The Bertz CT molecular complexity index is 121. The van der Waals surface area contributed by atoms with Crippen LogP contribution in [-0.4, -0.2) is 12.6 Å². The summed E-state index contributed by atoms with van der Waals surface area (Å²) in [7, 11) is 0. The van der Waals surface area contributed by atoms with Crippen molar-refractivity contribution >= 4 is 5.97 Å². The Hall–Kier alpha value is -0.530. The maximum Gasteiger partial charge on any atom is 0.305 e. The van der Waals surface area contributed by atoms with Gasteiger partial charge in [-0.25, -0.2) is 0 Å². The maximum absolute atomic E-state index is 10.7. The number of carbonyl (C=O) groups is 1. The molecule has 0 heterocycles. The second-order valence-corrected chi connectivity index (χ2v) is 3.26. The van der Waals surface area contributed by atoms with Crippen LogP contribution in [-0.2, 0) is 9.53 Å². The summed E-state index contributed by atoms with van der Waals surface area (Å²) in [5.41, 5.74) is 0. The molecule has 1 unspecified atom stereocenters. The summed E-state index contributed by atoms with van der Waals surface area (Å²) < 4.78 is 4.97. The molecule has 2 nitrogen and oxygen atoms in total. The number of esters is 1. The number of hydrogen-bond acceptors (Lipinski definition) is 2. The Morgan fingerprint density at radius 2 is 2.00 bits per heavy atom. The Morgan fingerprint density at radius 1 is 1.33 bits per heavy atom. The zero-order valence-electron chi connectivity index (χ0n) is 8.43. The third-order valence-electron chi connectivity index (χ3n) is 1.94. The molecular formula is C10H20O2. The molecule has 0 aliphatic carbocycles. The van der Waals surface area contributed by atoms with E-state index in [0.717, 1.165) is 6.42 Å². The van der Waals surface area contributed by atoms with Gasteiger partial charge in [0.1, 0.15) is 0 Å². The Morgan fingerprint density at radius 3 is 2.50 bits per heavy atom. The fourth-order valence-corrected chi connectivity index (χ4v) is 1.11. The topological polar surface area (TPSA) is 26.3 Å². The van der Waals surface area contributed by atoms with E-state index in [9.17, 15) is 4.79 Å². The average molecular weight is 172 g/mol. The van der Waals surface area contributed by atoms with Gasteiger partial charge in [-0.1, -0.05) is 33.6 Å². The third-order valence-corrected chi connectivity index (χ3v) is 1.94. The van der Waals surface area contributed by atoms with Crippen LogP contribution in [0.2, 0.25) is 0 Å². The number of carbonyl (C=O) groups excluding carboxylic acids is 1. The lowest BCUT2D eigenvalue weighted by molar-refractivity contribution is -0.143. The van der Waals surface area contributed by atoms with E-state index in [2.05, 4.69) is 13.8 Å². The molecule has 72 valence electrons. The Kier molecular flexibility index (Phi) is 6.82. The van der Waals surface area contributed by atoms with Crippen LogP contribution in [0.25, 0.3) is 0 Å². The van der Waals surface area contributed by atoms with Gasteiger partial charge in [-0.05, 0) is 12.3 Å². The van der Waals surface area contributed by atoms with E-state index >= 15 is 0 Å². The minimum Gasteiger partial charge on any atom is -0.466 e. The molecule has 0 saturated carbocycles. The fraction of sp³-hybridized carbons (Fsp3) is 0.900. The van der Waals surface area contributed by atoms with Gasteiger partial charge < -0.3 is 4.74 Å². The molecule has 0 aromatic heterocycles. The van der Waals surface area contributed by atoms with Crippen LogP contribution in [0, 0.1) is 5.92 Å². The van der Waals surface area contributed by atoms with Crippen molar-refractivity contribution in [1.29, 1.82) is 0 Å². The second kappa shape index (κ2) is 7.14. The molecule has 0 spiro atoms. The molecule has 0 rings (SSSR count). The normalized spacial score (nSPS) is 12.6. The third kappa shape index (κ3) is 6.20. The minimum atomic E-state index is -0.0845. The van der Waals surface area contributed by atoms with Crippen LogP contribution in [0.3, 0.4) is 0 Å². The van der Waals surface area contributed by atoms with Crippen molar-refractivity contribution in [2.75, 3.05) is 6.61 Å². The lowest BCUT2D eigenvalue weighted by Crippen LogP contribution is -2.07. The van der Waals surface area contributed by atoms with Gasteiger partial charge in [-0.15, -0.1) is 0 Å². The van der Waals surface area contributed by atoms with E-state index in [0.29, 0.717) is 18.9 Å². The first-order chi connectivity index (χ1) is 5.70. The summed E-state index contributed by atoms with van der Waals surface area (Å²) in [6, 6.07) is 0. The van der Waals surface area contributed by atoms with Crippen molar-refractivity contribution < 1.29 is 9.53 Å². The minimum absolute atomic E-state index is 0.0845. The van der Waals surface area contributed by atoms with Gasteiger partial charge in [0.2, 0.25) is 0 Å². The highest BCUT2D eigenvalue weighted by molar-refractivity contribution is 5.68. The van der Waals surface area contributed by atoms with Crippen LogP contribution in [0.1, 0.15) is 46.5 Å². The molecule has 2 heteroatoms. The van der Waals surface area contributed by atoms with E-state index in [-0.39, 0.29) is 5.97 Å². The lowest BCUT2D eigenvalue weighted by Gasteiger charge is -2.09. The van der Waals surface area contributed by atoms with Gasteiger partial charge in [-0.3, -0.25) is 4.79 Å². The smallest absolute Gasteiger partial charge is 0.305 e. The summed E-state index contributed by atoms with van der Waals surface area (Å²) in [5.74, 6) is 0.596. The Balaban J connectivity index is 3.24. The Labute approximate surface area is 75.3 Å². The van der Waals surface area contributed by atoms with E-state index in [1.54, 1.807) is 0 Å². The molecule has 1 atom stereocenters. The molecule has 12 heavy (non-hydrogen) atoms. The molecule has 0 fully saturated rings. The van der Waals surface area contributed by atoms with Crippen LogP contribution < -0.4 is 0 Å². The largest absolute Gasteiger partial charge is 0.466 e. The highest BCUT2D eigenvalue weighted by Crippen LogP contribution is 2.09. The first-order valence-electron chi connectivity index (χ1n) is 4.86. The van der Waals surface area contributed by atoms with Crippen molar-refractivity contribution in [3.05, 3.63) is 0 Å². The van der Waals surface area contributed by atoms with Crippen LogP contribution in [0.5, 0.6) is 0 Å². The summed E-state index contributed by atoms with van der Waals surface area (Å²) in [4.78, 5) is 10.7. The van der Waals surface area contributed by atoms with E-state index < -0.39 is 0 Å². The first-order valence-corrected chi connectivity index (χ1v) is 4.86. The van der Waals surface area contributed by atoms with Crippen molar-refractivity contribution in [2.24, 2.45) is 5.92 Å². The van der Waals surface area contributed by atoms with Gasteiger partial charge in [0, 0.05) is 6.42 Å². The number of hydrogen-bond donors (Lipinski definition) is 0. The second-order valence-electron chi connectivity index (χ2n) is 3.26. The molecule has 0 saturated heterocycles. The predicted octanol–water partition coefficient (Wildman–Crippen LogP) is 2.77. The molecule has 0 aliphatic heterocycles. The van der Waals surface area contributed by atoms with Crippen LogP contribution >= 0.6 is 0 Å². The van der Waals surface area contributed by atoms with Crippen molar-refractivity contribution in [1.82, 2.24) is 0 Å². The highest BCUT2D eigenvalue weighted by atomic mass is 16.5. The van der Waals surface area contributed by atoms with Crippen LogP contribution in [0.4, 0.5) is 0 Å². The quantitative estimate of drug-likeness (QED) is 0.576. The van der Waals surface area contributed by atoms with Gasteiger partial charge in [-0.2, -0.15) is 0 Å². The summed E-state index contributed by atoms with van der Waals surface area (Å²) >= 11 is 0. The van der Waals surface area contributed by atoms with E-state index in [1.165, 1.54) is 12.8 Å². The first kappa shape index (κ1) is 11.5. The van der Waals surface area contributed by atoms with Gasteiger partial charge in [0.15, 0.2) is 0 Å². The molecule has 0 aliphatic rings. The highest BCUT2D eigenvalue weighted by Gasteiger charge is 2.02. The summed E-state index contributed by atoms with van der Waals surface area (Å²) in [6.45, 7) is 6.78. The molecule has 0 radical (unpaired) electrons. The van der Waals surface area contributed by atoms with Crippen molar-refractivity contribution in [3.63, 3.8) is 0 Å². The van der Waals surface area contributed by atoms with Crippen molar-refractivity contribution in [2.45, 2.75) is 46.5 Å². The van der Waals surface area contributed by atoms with Gasteiger partial charge >= 0.3 is 5.97 Å². The van der Waals surface area contributed by atoms with Gasteiger partial charge in [0.25, 0.3) is 0 Å². The summed E-state index contributed by atoms with van der Waals surface area (Å²) in [6.07, 6.45) is 3.92. The van der Waals surface area contributed by atoms with E-state index in [1.807, 2.05) is 6.92 Å². The predicted molar refractivity (Wildman–Crippen MR) is 49.9 cm³/mol. The molecule has 0 N–H and O–H groups in total. The maximum atomic E-state index is 10.7. The fourth-order valence-electron chi connectivity index (χ4n) is 1.11. The van der Waals surface area contributed by atoms with Gasteiger partial charge in [0.05, 0.1) is 6.61 Å². The molecule has 0 amide bonds. The molecule has 0 aromatic carbocycles. The SMILES string of the molecule is CCCC(C)CCOC(=O)CC. The molecular weight excluding hydrogens is 152 g/mol. The standard InChI is InChI=1S/C10H20O2/c1-4-6-9(3)7-8-12-10(11)5-2/h9H,4-8H2,1-3H3. The molecule has 0 aromatic rings. The monoisotopic (exact) mass is 172 g/mol. The summed E-state index contributed by atoms with van der Waals surface area (Å²) in [5, 5.41) is 0.